The van der Waals surface area contributed by atoms with E-state index in [1.54, 1.807) is 0 Å². The van der Waals surface area contributed by atoms with Gasteiger partial charge in [0.05, 0.1) is 23.6 Å². The second-order valence-electron chi connectivity index (χ2n) is 5.02. The number of aryl methyl sites for hydroxylation is 3. The Bertz CT molecular complexity index is 646. The van der Waals surface area contributed by atoms with Crippen molar-refractivity contribution in [3.63, 3.8) is 0 Å². The molecule has 2 aromatic heterocycles. The van der Waals surface area contributed by atoms with E-state index in [0.29, 0.717) is 18.2 Å². The zero-order valence-corrected chi connectivity index (χ0v) is 13.4. The maximum absolute atomic E-state index is 12.0. The Morgan fingerprint density at radius 1 is 1.23 bits per heavy atom. The molecule has 8 heteroatoms. The maximum atomic E-state index is 12.0. The summed E-state index contributed by atoms with van der Waals surface area (Å²) < 4.78 is 7.24. The van der Waals surface area contributed by atoms with Gasteiger partial charge in [-0.15, -0.1) is 10.2 Å². The second-order valence-corrected chi connectivity index (χ2v) is 5.02. The number of hydrogen-bond acceptors (Lipinski definition) is 5. The molecule has 0 aliphatic rings. The zero-order valence-electron chi connectivity index (χ0n) is 13.4. The van der Waals surface area contributed by atoms with Crippen molar-refractivity contribution in [2.75, 3.05) is 5.32 Å². The molecule has 0 aliphatic heterocycles. The minimum absolute atomic E-state index is 0.194. The smallest absolute Gasteiger partial charge is 0.319 e. The van der Waals surface area contributed by atoms with Gasteiger partial charge in [-0.1, -0.05) is 13.8 Å². The highest BCUT2D eigenvalue weighted by Gasteiger charge is 2.14. The van der Waals surface area contributed by atoms with Gasteiger partial charge in [0.25, 0.3) is 0 Å². The van der Waals surface area contributed by atoms with Gasteiger partial charge in [0, 0.05) is 13.0 Å². The molecule has 2 amide bonds. The fourth-order valence-electron chi connectivity index (χ4n) is 2.12. The van der Waals surface area contributed by atoms with Crippen molar-refractivity contribution in [1.29, 1.82) is 0 Å². The van der Waals surface area contributed by atoms with E-state index in [4.69, 9.17) is 4.42 Å². The number of urea groups is 1. The van der Waals surface area contributed by atoms with Crippen LogP contribution in [0.1, 0.15) is 43.4 Å². The third-order valence-corrected chi connectivity index (χ3v) is 3.27. The van der Waals surface area contributed by atoms with Crippen LogP contribution < -0.4 is 10.6 Å². The molecule has 0 fully saturated rings. The monoisotopic (exact) mass is 306 g/mol. The van der Waals surface area contributed by atoms with Gasteiger partial charge in [-0.2, -0.15) is 5.10 Å². The van der Waals surface area contributed by atoms with Crippen molar-refractivity contribution in [2.45, 2.75) is 53.6 Å². The Hall–Kier alpha value is -2.38. The molecular weight excluding hydrogens is 284 g/mol. The van der Waals surface area contributed by atoms with E-state index in [1.807, 2.05) is 25.5 Å². The summed E-state index contributed by atoms with van der Waals surface area (Å²) in [4.78, 5) is 12.0. The molecule has 0 spiro atoms. The topological polar surface area (TPSA) is 97.9 Å². The van der Waals surface area contributed by atoms with Gasteiger partial charge in [-0.05, 0) is 20.3 Å². The molecule has 0 saturated heterocycles. The summed E-state index contributed by atoms with van der Waals surface area (Å²) in [5.74, 6) is 0.951. The number of carbonyl (C=O) groups is 1. The summed E-state index contributed by atoms with van der Waals surface area (Å²) in [7, 11) is 0. The van der Waals surface area contributed by atoms with Crippen LogP contribution in [0.2, 0.25) is 0 Å². The first-order chi connectivity index (χ1) is 10.5. The van der Waals surface area contributed by atoms with Gasteiger partial charge in [0.2, 0.25) is 11.8 Å². The summed E-state index contributed by atoms with van der Waals surface area (Å²) >= 11 is 0. The van der Waals surface area contributed by atoms with E-state index in [2.05, 4.69) is 32.9 Å². The largest absolute Gasteiger partial charge is 0.423 e. The van der Waals surface area contributed by atoms with Gasteiger partial charge < -0.3 is 15.1 Å². The standard InChI is InChI=1S/C14H22N6O2/c1-5-7-20-10(4)13(9(3)19-20)16-14(21)15-8-12-18-17-11(6-2)22-12/h5-8H2,1-4H3,(H2,15,16,21). The van der Waals surface area contributed by atoms with Gasteiger partial charge in [0.1, 0.15) is 0 Å². The van der Waals surface area contributed by atoms with Gasteiger partial charge >= 0.3 is 6.03 Å². The van der Waals surface area contributed by atoms with Crippen LogP contribution in [-0.4, -0.2) is 26.0 Å². The minimum Gasteiger partial charge on any atom is -0.423 e. The lowest BCUT2D eigenvalue weighted by Gasteiger charge is -2.07. The number of aromatic nitrogens is 4. The summed E-state index contributed by atoms with van der Waals surface area (Å²) in [5, 5.41) is 17.6. The van der Waals surface area contributed by atoms with E-state index in [9.17, 15) is 4.79 Å². The molecule has 2 rings (SSSR count). The molecule has 0 bridgehead atoms. The fraction of sp³-hybridized carbons (Fsp3) is 0.571. The van der Waals surface area contributed by atoms with Gasteiger partial charge in [-0.3, -0.25) is 4.68 Å². The first-order valence-electron chi connectivity index (χ1n) is 7.45. The van der Waals surface area contributed by atoms with Gasteiger partial charge in [0.15, 0.2) is 0 Å². The average molecular weight is 306 g/mol. The lowest BCUT2D eigenvalue weighted by Crippen LogP contribution is -2.28. The quantitative estimate of drug-likeness (QED) is 0.852. The first kappa shape index (κ1) is 16.0. The van der Waals surface area contributed by atoms with Crippen molar-refractivity contribution >= 4 is 11.7 Å². The van der Waals surface area contributed by atoms with Crippen LogP contribution in [0, 0.1) is 13.8 Å². The van der Waals surface area contributed by atoms with Crippen LogP contribution in [0.3, 0.4) is 0 Å². The van der Waals surface area contributed by atoms with Crippen LogP contribution in [0.25, 0.3) is 0 Å². The molecule has 120 valence electrons. The van der Waals surface area contributed by atoms with E-state index < -0.39 is 0 Å². The van der Waals surface area contributed by atoms with Crippen LogP contribution in [0.5, 0.6) is 0 Å². The zero-order chi connectivity index (χ0) is 16.1. The minimum atomic E-state index is -0.321. The molecule has 8 nitrogen and oxygen atoms in total. The third-order valence-electron chi connectivity index (χ3n) is 3.27. The Morgan fingerprint density at radius 3 is 2.59 bits per heavy atom. The van der Waals surface area contributed by atoms with Crippen molar-refractivity contribution in [3.05, 3.63) is 23.2 Å². The SMILES string of the molecule is CCCn1nc(C)c(NC(=O)NCc2nnc(CC)o2)c1C. The highest BCUT2D eigenvalue weighted by atomic mass is 16.4. The molecule has 0 radical (unpaired) electrons. The predicted octanol–water partition coefficient (Wildman–Crippen LogP) is 2.18. The predicted molar refractivity (Wildman–Crippen MR) is 81.5 cm³/mol. The first-order valence-corrected chi connectivity index (χ1v) is 7.45. The second kappa shape index (κ2) is 7.06. The van der Waals surface area contributed by atoms with Crippen molar-refractivity contribution in [1.82, 2.24) is 25.3 Å². The van der Waals surface area contributed by atoms with Crippen molar-refractivity contribution < 1.29 is 9.21 Å². The molecule has 0 aliphatic carbocycles. The van der Waals surface area contributed by atoms with Crippen LogP contribution in [-0.2, 0) is 19.5 Å². The summed E-state index contributed by atoms with van der Waals surface area (Å²) in [6.07, 6.45) is 1.67. The fourth-order valence-corrected chi connectivity index (χ4v) is 2.12. The number of carbonyl (C=O) groups excluding carboxylic acids is 1. The summed E-state index contributed by atoms with van der Waals surface area (Å²) in [6, 6.07) is -0.321. The summed E-state index contributed by atoms with van der Waals surface area (Å²) in [5.41, 5.74) is 2.48. The molecule has 22 heavy (non-hydrogen) atoms. The highest BCUT2D eigenvalue weighted by molar-refractivity contribution is 5.90. The number of nitrogens with zero attached hydrogens (tertiary/aromatic N) is 4. The van der Waals surface area contributed by atoms with E-state index in [0.717, 1.165) is 30.0 Å². The Labute approximate surface area is 129 Å². The van der Waals surface area contributed by atoms with Gasteiger partial charge in [-0.25, -0.2) is 4.79 Å². The van der Waals surface area contributed by atoms with Crippen LogP contribution in [0.4, 0.5) is 10.5 Å². The summed E-state index contributed by atoms with van der Waals surface area (Å²) in [6.45, 7) is 8.86. The van der Waals surface area contributed by atoms with E-state index in [-0.39, 0.29) is 12.6 Å². The molecular formula is C14H22N6O2. The molecule has 0 unspecified atom stereocenters. The number of hydrogen-bond donors (Lipinski definition) is 2. The Balaban J connectivity index is 1.94. The lowest BCUT2D eigenvalue weighted by atomic mass is 10.3. The molecule has 0 aromatic carbocycles. The molecule has 0 saturated carbocycles. The Kier molecular flexibility index (Phi) is 5.13. The van der Waals surface area contributed by atoms with Crippen molar-refractivity contribution in [2.24, 2.45) is 0 Å². The van der Waals surface area contributed by atoms with Crippen LogP contribution in [0.15, 0.2) is 4.42 Å². The lowest BCUT2D eigenvalue weighted by molar-refractivity contribution is 0.250. The van der Waals surface area contributed by atoms with E-state index >= 15 is 0 Å². The maximum Gasteiger partial charge on any atom is 0.319 e. The molecule has 2 heterocycles. The normalized spacial score (nSPS) is 10.7. The average Bonchev–Trinajstić information content (AvgIpc) is 3.06. The number of rotatable bonds is 6. The highest BCUT2D eigenvalue weighted by Crippen LogP contribution is 2.19. The van der Waals surface area contributed by atoms with Crippen LogP contribution >= 0.6 is 0 Å². The number of anilines is 1. The Morgan fingerprint density at radius 2 is 1.95 bits per heavy atom. The number of nitrogens with one attached hydrogen (secondary N) is 2. The molecule has 2 aromatic rings. The molecule has 0 atom stereocenters. The number of amides is 2. The molecule has 2 N–H and O–H groups in total. The van der Waals surface area contributed by atoms with E-state index in [1.165, 1.54) is 0 Å². The van der Waals surface area contributed by atoms with Crippen molar-refractivity contribution in [3.8, 4) is 0 Å². The third kappa shape index (κ3) is 3.63.